The molecule has 3 aromatic carbocycles. The van der Waals surface area contributed by atoms with Crippen LogP contribution in [-0.2, 0) is 14.8 Å². The van der Waals surface area contributed by atoms with Crippen LogP contribution < -0.4 is 29.1 Å². The van der Waals surface area contributed by atoms with Crippen molar-refractivity contribution < 1.29 is 27.4 Å². The van der Waals surface area contributed by atoms with Gasteiger partial charge in [0, 0.05) is 18.8 Å². The Morgan fingerprint density at radius 1 is 1.08 bits per heavy atom. The van der Waals surface area contributed by atoms with Crippen molar-refractivity contribution in [3.05, 3.63) is 71.8 Å². The zero-order valence-electron chi connectivity index (χ0n) is 21.7. The lowest BCUT2D eigenvalue weighted by Gasteiger charge is -2.25. The average Bonchev–Trinajstić information content (AvgIpc) is 3.41. The number of sulfonamides is 1. The highest BCUT2D eigenvalue weighted by Gasteiger charge is 2.24. The topological polar surface area (TPSA) is 130 Å². The third kappa shape index (κ3) is 6.08. The summed E-state index contributed by atoms with van der Waals surface area (Å²) in [5, 5.41) is 12.3. The monoisotopic (exact) mass is 548 g/mol. The SMILES string of the molecule is CCN(CC)c1ccc(NC(=O)C(C#N)=Cc2ccc3c(c2)OCO3)cc1S(=O)(=O)Nc1ccccc1OC. The molecule has 0 aromatic heterocycles. The normalized spacial score (nSPS) is 12.4. The molecule has 3 aromatic rings. The molecule has 10 nitrogen and oxygen atoms in total. The Kier molecular flexibility index (Phi) is 8.27. The summed E-state index contributed by atoms with van der Waals surface area (Å²) in [5.41, 5.74) is 1.36. The summed E-state index contributed by atoms with van der Waals surface area (Å²) in [4.78, 5) is 14.9. The van der Waals surface area contributed by atoms with Gasteiger partial charge in [-0.15, -0.1) is 0 Å². The first-order valence-corrected chi connectivity index (χ1v) is 13.7. The predicted octanol–water partition coefficient (Wildman–Crippen LogP) is 4.62. The molecule has 1 aliphatic rings. The van der Waals surface area contributed by atoms with E-state index in [1.165, 1.54) is 19.3 Å². The first-order valence-electron chi connectivity index (χ1n) is 12.2. The molecule has 0 atom stereocenters. The maximum Gasteiger partial charge on any atom is 0.266 e. The molecular formula is C28H28N4O6S. The second-order valence-corrected chi connectivity index (χ2v) is 10.0. The van der Waals surface area contributed by atoms with Crippen molar-refractivity contribution in [3.63, 3.8) is 0 Å². The van der Waals surface area contributed by atoms with Crippen molar-refractivity contribution >= 4 is 39.1 Å². The highest BCUT2D eigenvalue weighted by Crippen LogP contribution is 2.34. The smallest absolute Gasteiger partial charge is 0.266 e. The van der Waals surface area contributed by atoms with Gasteiger partial charge in [0.05, 0.1) is 18.5 Å². The van der Waals surface area contributed by atoms with Crippen LogP contribution in [0.3, 0.4) is 0 Å². The number of benzene rings is 3. The maximum atomic E-state index is 13.6. The minimum absolute atomic E-state index is 0.0341. The lowest BCUT2D eigenvalue weighted by atomic mass is 10.1. The van der Waals surface area contributed by atoms with E-state index in [0.717, 1.165) is 0 Å². The fraction of sp³-hybridized carbons (Fsp3) is 0.214. The molecule has 0 spiro atoms. The van der Waals surface area contributed by atoms with Crippen molar-refractivity contribution in [2.75, 3.05) is 41.9 Å². The fourth-order valence-electron chi connectivity index (χ4n) is 4.08. The van der Waals surface area contributed by atoms with E-state index in [9.17, 15) is 18.5 Å². The summed E-state index contributed by atoms with van der Waals surface area (Å²) in [6, 6.07) is 18.2. The largest absolute Gasteiger partial charge is 0.495 e. The Hall–Kier alpha value is -4.69. The van der Waals surface area contributed by atoms with E-state index >= 15 is 0 Å². The number of nitriles is 1. The molecule has 1 amide bonds. The van der Waals surface area contributed by atoms with Crippen molar-refractivity contribution in [1.82, 2.24) is 0 Å². The highest BCUT2D eigenvalue weighted by molar-refractivity contribution is 7.93. The summed E-state index contributed by atoms with van der Waals surface area (Å²) in [7, 11) is -2.66. The molecule has 0 aliphatic carbocycles. The van der Waals surface area contributed by atoms with Crippen LogP contribution in [0.5, 0.6) is 17.2 Å². The number of ether oxygens (including phenoxy) is 3. The molecule has 0 saturated heterocycles. The van der Waals surface area contributed by atoms with Gasteiger partial charge in [-0.1, -0.05) is 18.2 Å². The van der Waals surface area contributed by atoms with Crippen molar-refractivity contribution in [2.45, 2.75) is 18.7 Å². The van der Waals surface area contributed by atoms with Gasteiger partial charge in [0.2, 0.25) is 6.79 Å². The third-order valence-corrected chi connectivity index (χ3v) is 7.43. The number of methoxy groups -OCH3 is 1. The van der Waals surface area contributed by atoms with E-state index in [1.54, 1.807) is 54.6 Å². The first kappa shape index (κ1) is 27.3. The maximum absolute atomic E-state index is 13.6. The molecular weight excluding hydrogens is 520 g/mol. The van der Waals surface area contributed by atoms with Gasteiger partial charge >= 0.3 is 0 Å². The minimum atomic E-state index is -4.11. The average molecular weight is 549 g/mol. The number of carbonyl (C=O) groups excluding carboxylic acids is 1. The van der Waals surface area contributed by atoms with E-state index in [-0.39, 0.29) is 28.6 Å². The number of rotatable bonds is 10. The molecule has 11 heteroatoms. The Labute approximate surface area is 227 Å². The first-order chi connectivity index (χ1) is 18.8. The van der Waals surface area contributed by atoms with Crippen LogP contribution in [0, 0.1) is 11.3 Å². The second kappa shape index (κ2) is 11.8. The number of hydrogen-bond donors (Lipinski definition) is 2. The molecule has 0 saturated carbocycles. The molecule has 0 radical (unpaired) electrons. The van der Waals surface area contributed by atoms with E-state index in [1.807, 2.05) is 24.8 Å². The third-order valence-electron chi connectivity index (χ3n) is 6.04. The number of fused-ring (bicyclic) bond motifs is 1. The minimum Gasteiger partial charge on any atom is -0.495 e. The quantitative estimate of drug-likeness (QED) is 0.277. The number of hydrogen-bond acceptors (Lipinski definition) is 8. The van der Waals surface area contributed by atoms with Crippen LogP contribution in [0.2, 0.25) is 0 Å². The van der Waals surface area contributed by atoms with Gasteiger partial charge in [-0.25, -0.2) is 8.42 Å². The van der Waals surface area contributed by atoms with Gasteiger partial charge in [0.15, 0.2) is 11.5 Å². The van der Waals surface area contributed by atoms with Crippen LogP contribution >= 0.6 is 0 Å². The summed E-state index contributed by atoms with van der Waals surface area (Å²) in [6.07, 6.45) is 1.42. The molecule has 0 fully saturated rings. The summed E-state index contributed by atoms with van der Waals surface area (Å²) >= 11 is 0. The Bertz CT molecular complexity index is 1560. The Morgan fingerprint density at radius 2 is 1.82 bits per heavy atom. The summed E-state index contributed by atoms with van der Waals surface area (Å²) in [6.45, 7) is 5.08. The summed E-state index contributed by atoms with van der Waals surface area (Å²) < 4.78 is 45.7. The van der Waals surface area contributed by atoms with E-state index in [4.69, 9.17) is 14.2 Å². The molecule has 202 valence electrons. The van der Waals surface area contributed by atoms with Gasteiger partial charge in [0.25, 0.3) is 15.9 Å². The van der Waals surface area contributed by atoms with Crippen molar-refractivity contribution in [3.8, 4) is 23.3 Å². The number of nitrogens with zero attached hydrogens (tertiary/aromatic N) is 2. The van der Waals surface area contributed by atoms with Gasteiger partial charge in [-0.05, 0) is 68.0 Å². The predicted molar refractivity (Wildman–Crippen MR) is 149 cm³/mol. The number of carbonyl (C=O) groups is 1. The molecule has 0 bridgehead atoms. The van der Waals surface area contributed by atoms with Crippen LogP contribution in [0.25, 0.3) is 6.08 Å². The van der Waals surface area contributed by atoms with E-state index in [0.29, 0.717) is 41.6 Å². The molecule has 2 N–H and O–H groups in total. The zero-order valence-corrected chi connectivity index (χ0v) is 22.5. The number of nitrogens with one attached hydrogen (secondary N) is 2. The van der Waals surface area contributed by atoms with Crippen molar-refractivity contribution in [2.24, 2.45) is 0 Å². The van der Waals surface area contributed by atoms with Gasteiger partial charge < -0.3 is 24.4 Å². The van der Waals surface area contributed by atoms with Crippen molar-refractivity contribution in [1.29, 1.82) is 5.26 Å². The lowest BCUT2D eigenvalue weighted by Crippen LogP contribution is -2.26. The van der Waals surface area contributed by atoms with E-state index < -0.39 is 15.9 Å². The molecule has 39 heavy (non-hydrogen) atoms. The molecule has 1 heterocycles. The zero-order chi connectivity index (χ0) is 28.0. The molecule has 1 aliphatic heterocycles. The molecule has 4 rings (SSSR count). The van der Waals surface area contributed by atoms with Crippen LogP contribution in [0.1, 0.15) is 19.4 Å². The van der Waals surface area contributed by atoms with E-state index in [2.05, 4.69) is 10.0 Å². The molecule has 0 unspecified atom stereocenters. The van der Waals surface area contributed by atoms with Gasteiger partial charge in [-0.3, -0.25) is 9.52 Å². The highest BCUT2D eigenvalue weighted by atomic mass is 32.2. The Balaban J connectivity index is 1.66. The number of para-hydroxylation sites is 2. The number of anilines is 3. The second-order valence-electron chi connectivity index (χ2n) is 8.40. The standard InChI is InChI=1S/C28H28N4O6S/c1-4-32(5-2)23-12-11-21(16-27(23)39(34,35)31-22-8-6-7-9-24(22)36-3)30-28(33)20(17-29)14-19-10-13-25-26(15-19)38-18-37-25/h6-16,31H,4-5,18H2,1-3H3,(H,30,33). The van der Waals surface area contributed by atoms with Crippen LogP contribution in [0.15, 0.2) is 71.1 Å². The summed E-state index contributed by atoms with van der Waals surface area (Å²) in [5.74, 6) is 0.777. The lowest BCUT2D eigenvalue weighted by molar-refractivity contribution is -0.112. The van der Waals surface area contributed by atoms with Gasteiger partial charge in [0.1, 0.15) is 22.3 Å². The van der Waals surface area contributed by atoms with Crippen LogP contribution in [-0.4, -0.2) is 41.3 Å². The Morgan fingerprint density at radius 3 is 2.54 bits per heavy atom. The number of amides is 1. The van der Waals surface area contributed by atoms with Gasteiger partial charge in [-0.2, -0.15) is 5.26 Å². The van der Waals surface area contributed by atoms with Crippen LogP contribution in [0.4, 0.5) is 17.1 Å². The fourth-order valence-corrected chi connectivity index (χ4v) is 5.40.